The molecular weight excluding hydrogens is 574 g/mol. The van der Waals surface area contributed by atoms with E-state index in [-0.39, 0.29) is 45.8 Å². The summed E-state index contributed by atoms with van der Waals surface area (Å²) >= 11 is 0. The van der Waals surface area contributed by atoms with Crippen LogP contribution in [0.25, 0.3) is 22.2 Å². The van der Waals surface area contributed by atoms with Crippen LogP contribution in [0.2, 0.25) is 0 Å². The first-order chi connectivity index (χ1) is 20.2. The molecule has 0 saturated heterocycles. The van der Waals surface area contributed by atoms with Crippen LogP contribution >= 0.6 is 0 Å². The summed E-state index contributed by atoms with van der Waals surface area (Å²) in [6, 6.07) is 10.9. The quantitative estimate of drug-likeness (QED) is 0.237. The number of carbonyl (C=O) groups is 3. The molecule has 3 amide bonds. The number of nitrogens with two attached hydrogens (primary N) is 2. The number of benzene rings is 2. The van der Waals surface area contributed by atoms with Crippen molar-refractivity contribution in [3.05, 3.63) is 89.0 Å². The van der Waals surface area contributed by atoms with E-state index >= 15 is 0 Å². The minimum absolute atomic E-state index is 0.0611. The lowest BCUT2D eigenvalue weighted by atomic mass is 9.81. The Kier molecular flexibility index (Phi) is 7.05. The molecule has 0 aliphatic carbocycles. The van der Waals surface area contributed by atoms with E-state index < -0.39 is 53.0 Å². The molecule has 6 N–H and O–H groups in total. The molecule has 43 heavy (non-hydrogen) atoms. The summed E-state index contributed by atoms with van der Waals surface area (Å²) in [5.74, 6) is -3.58. The summed E-state index contributed by atoms with van der Waals surface area (Å²) in [6.45, 7) is -0.384. The van der Waals surface area contributed by atoms with Gasteiger partial charge in [0.2, 0.25) is 11.5 Å². The van der Waals surface area contributed by atoms with Gasteiger partial charge in [-0.1, -0.05) is 6.07 Å². The van der Waals surface area contributed by atoms with Gasteiger partial charge in [-0.15, -0.1) is 0 Å². The smallest absolute Gasteiger partial charge is 0.424 e. The molecule has 0 bridgehead atoms. The zero-order chi connectivity index (χ0) is 31.3. The molecule has 2 atom stereocenters. The van der Waals surface area contributed by atoms with Gasteiger partial charge in [-0.05, 0) is 55.5 Å². The summed E-state index contributed by atoms with van der Waals surface area (Å²) < 4.78 is 63.1. The molecule has 0 saturated carbocycles. The summed E-state index contributed by atoms with van der Waals surface area (Å²) in [6.07, 6.45) is -4.01. The van der Waals surface area contributed by atoms with E-state index in [2.05, 4.69) is 15.3 Å². The molecule has 14 heteroatoms. The third-order valence-electron chi connectivity index (χ3n) is 7.36. The van der Waals surface area contributed by atoms with Crippen molar-refractivity contribution in [2.75, 3.05) is 13.2 Å². The number of primary amides is 2. The van der Waals surface area contributed by atoms with Gasteiger partial charge in [0.25, 0.3) is 11.8 Å². The molecule has 3 heterocycles. The maximum absolute atomic E-state index is 14.6. The van der Waals surface area contributed by atoms with Crippen LogP contribution in [0, 0.1) is 5.82 Å². The number of nitrogens with zero attached hydrogens (tertiary/aromatic N) is 2. The number of carbonyl (C=O) groups excluding carboxylic acids is 3. The van der Waals surface area contributed by atoms with Crippen molar-refractivity contribution in [1.82, 2.24) is 15.3 Å². The van der Waals surface area contributed by atoms with Gasteiger partial charge in [0, 0.05) is 28.3 Å². The predicted molar refractivity (Wildman–Crippen MR) is 144 cm³/mol. The van der Waals surface area contributed by atoms with E-state index in [1.807, 2.05) is 0 Å². The van der Waals surface area contributed by atoms with Crippen molar-refractivity contribution in [2.24, 2.45) is 11.5 Å². The highest BCUT2D eigenvalue weighted by atomic mass is 19.4. The third-order valence-corrected chi connectivity index (χ3v) is 7.36. The van der Waals surface area contributed by atoms with E-state index in [9.17, 15) is 37.1 Å². The number of pyridine rings is 2. The fourth-order valence-electron chi connectivity index (χ4n) is 4.76. The molecule has 5 rings (SSSR count). The zero-order valence-corrected chi connectivity index (χ0v) is 22.3. The summed E-state index contributed by atoms with van der Waals surface area (Å²) in [5.41, 5.74) is 4.29. The molecule has 1 aliphatic rings. The number of fused-ring (bicyclic) bond motifs is 2. The average Bonchev–Trinajstić information content (AvgIpc) is 3.32. The minimum Gasteiger partial charge on any atom is -0.489 e. The van der Waals surface area contributed by atoms with Crippen LogP contribution < -0.4 is 21.5 Å². The number of halogens is 4. The molecule has 0 spiro atoms. The largest absolute Gasteiger partial charge is 0.489 e. The molecule has 222 valence electrons. The number of rotatable bonds is 7. The maximum atomic E-state index is 14.6. The molecule has 10 nitrogen and oxygen atoms in total. The first kappa shape index (κ1) is 29.4. The molecule has 1 unspecified atom stereocenters. The van der Waals surface area contributed by atoms with Gasteiger partial charge in [-0.3, -0.25) is 19.4 Å². The number of hydrogen-bond acceptors (Lipinski definition) is 7. The van der Waals surface area contributed by atoms with Gasteiger partial charge >= 0.3 is 6.18 Å². The molecule has 0 fully saturated rings. The average molecular weight is 598 g/mol. The molecule has 1 aliphatic heterocycles. The zero-order valence-electron chi connectivity index (χ0n) is 22.3. The van der Waals surface area contributed by atoms with Crippen LogP contribution in [0.5, 0.6) is 5.75 Å². The highest BCUT2D eigenvalue weighted by molar-refractivity contribution is 6.08. The lowest BCUT2D eigenvalue weighted by molar-refractivity contribution is -0.265. The second-order valence-corrected chi connectivity index (χ2v) is 10.2. The Balaban J connectivity index is 1.60. The summed E-state index contributed by atoms with van der Waals surface area (Å²) in [5, 5.41) is 13.6. The highest BCUT2D eigenvalue weighted by Crippen LogP contribution is 2.47. The summed E-state index contributed by atoms with van der Waals surface area (Å²) in [7, 11) is 0. The normalized spacial score (nSPS) is 17.5. The van der Waals surface area contributed by atoms with Crippen LogP contribution in [0.4, 0.5) is 17.6 Å². The first-order valence-corrected chi connectivity index (χ1v) is 12.7. The van der Waals surface area contributed by atoms with E-state index in [4.69, 9.17) is 16.2 Å². The van der Waals surface area contributed by atoms with E-state index in [0.717, 1.165) is 24.3 Å². The topological polar surface area (TPSA) is 171 Å². The van der Waals surface area contributed by atoms with Gasteiger partial charge < -0.3 is 26.6 Å². The number of nitrogens with one attached hydrogen (secondary N) is 1. The van der Waals surface area contributed by atoms with Crippen LogP contribution in [-0.4, -0.2) is 52.1 Å². The second kappa shape index (κ2) is 10.3. The number of hydrogen-bond donors (Lipinski definition) is 4. The van der Waals surface area contributed by atoms with Gasteiger partial charge in [-0.2, -0.15) is 13.2 Å². The van der Waals surface area contributed by atoms with Crippen molar-refractivity contribution in [3.63, 3.8) is 0 Å². The van der Waals surface area contributed by atoms with Crippen molar-refractivity contribution in [2.45, 2.75) is 24.1 Å². The van der Waals surface area contributed by atoms with Crippen molar-refractivity contribution in [3.8, 4) is 17.0 Å². The fourth-order valence-corrected chi connectivity index (χ4v) is 4.76. The van der Waals surface area contributed by atoms with Gasteiger partial charge in [0.05, 0.1) is 23.3 Å². The number of aromatic nitrogens is 2. The molecule has 2 aromatic carbocycles. The van der Waals surface area contributed by atoms with Crippen molar-refractivity contribution in [1.29, 1.82) is 0 Å². The molecule has 2 aromatic heterocycles. The third kappa shape index (κ3) is 4.99. The van der Waals surface area contributed by atoms with Crippen molar-refractivity contribution < 1.29 is 41.8 Å². The number of alkyl halides is 3. The lowest BCUT2D eigenvalue weighted by Crippen LogP contribution is -2.51. The maximum Gasteiger partial charge on any atom is 0.424 e. The first-order valence-electron chi connectivity index (χ1n) is 12.7. The Morgan fingerprint density at radius 3 is 2.42 bits per heavy atom. The summed E-state index contributed by atoms with van der Waals surface area (Å²) in [4.78, 5) is 45.5. The van der Waals surface area contributed by atoms with Gasteiger partial charge in [0.15, 0.2) is 0 Å². The SMILES string of the molecule is C[C@]1(C(N)=O)COc2c1cc(C(O)(CNC(=O)c1cc(C(N)=O)c3ncccc3c1)C(F)(F)F)nc2-c1ccc(F)cc1. The monoisotopic (exact) mass is 597 g/mol. The van der Waals surface area contributed by atoms with E-state index in [1.54, 1.807) is 0 Å². The van der Waals surface area contributed by atoms with Crippen LogP contribution in [0.3, 0.4) is 0 Å². The standard InChI is InChI=1S/C29H23F4N5O5/c1-27(26(35)41)13-43-23-19(27)11-20(38-22(23)14-4-6-17(30)7-5-14)28(42,29(31,32)33)12-37-25(40)16-9-15-3-2-8-36-21(15)18(10-16)24(34)39/h2-11,42H,12-13H2,1H3,(H2,34,39)(H2,35,41)(H,37,40)/t27-,28?/m0/s1. The van der Waals surface area contributed by atoms with Crippen molar-refractivity contribution >= 4 is 28.6 Å². The molecular formula is C29H23F4N5O5. The number of aliphatic hydroxyl groups is 1. The van der Waals surface area contributed by atoms with Gasteiger partial charge in [-0.25, -0.2) is 9.37 Å². The Hall–Kier alpha value is -5.11. The Morgan fingerprint density at radius 1 is 1.09 bits per heavy atom. The van der Waals surface area contributed by atoms with Crippen LogP contribution in [0.1, 0.15) is 38.9 Å². The Morgan fingerprint density at radius 2 is 1.79 bits per heavy atom. The highest BCUT2D eigenvalue weighted by Gasteiger charge is 2.57. The Labute approximate surface area is 240 Å². The number of amides is 3. The Bertz CT molecular complexity index is 1800. The van der Waals surface area contributed by atoms with Crippen LogP contribution in [-0.2, 0) is 15.8 Å². The van der Waals surface area contributed by atoms with Gasteiger partial charge in [0.1, 0.15) is 29.3 Å². The molecule has 0 radical (unpaired) electrons. The molecule has 4 aromatic rings. The van der Waals surface area contributed by atoms with E-state index in [0.29, 0.717) is 5.39 Å². The fraction of sp³-hybridized carbons (Fsp3) is 0.207. The lowest BCUT2D eigenvalue weighted by Gasteiger charge is -2.31. The predicted octanol–water partition coefficient (Wildman–Crippen LogP) is 2.85. The minimum atomic E-state index is -5.41. The van der Waals surface area contributed by atoms with E-state index in [1.165, 1.54) is 43.5 Å². The second-order valence-electron chi connectivity index (χ2n) is 10.2. The number of ether oxygens (including phenoxy) is 1. The van der Waals surface area contributed by atoms with Crippen LogP contribution in [0.15, 0.2) is 60.8 Å².